The second kappa shape index (κ2) is 12.0. The number of nitrogens with zero attached hydrogens (tertiary/aromatic N) is 2. The molecule has 1 saturated heterocycles. The number of hydrogen-bond donors (Lipinski definition) is 1. The van der Waals surface area contributed by atoms with Crippen LogP contribution in [0, 0.1) is 6.92 Å². The molecule has 6 nitrogen and oxygen atoms in total. The van der Waals surface area contributed by atoms with Gasteiger partial charge in [0.1, 0.15) is 11.5 Å². The number of Topliss-reactive ketones (excluding diaryl/α,β-unsaturated/α-hetero) is 1. The van der Waals surface area contributed by atoms with Crippen molar-refractivity contribution >= 4 is 17.4 Å². The second-order valence-corrected chi connectivity index (χ2v) is 9.43. The van der Waals surface area contributed by atoms with Gasteiger partial charge in [-0.05, 0) is 81.7 Å². The molecule has 6 heteroatoms. The van der Waals surface area contributed by atoms with Gasteiger partial charge in [-0.15, -0.1) is 0 Å². The fourth-order valence-electron chi connectivity index (χ4n) is 4.39. The van der Waals surface area contributed by atoms with Gasteiger partial charge in [0.25, 0.3) is 11.7 Å². The zero-order chi connectivity index (χ0) is 25.5. The minimum atomic E-state index is -0.641. The summed E-state index contributed by atoms with van der Waals surface area (Å²) in [7, 11) is 3.96. The summed E-state index contributed by atoms with van der Waals surface area (Å²) in [6, 6.07) is 12.7. The third-order valence-electron chi connectivity index (χ3n) is 6.45. The molecule has 3 rings (SSSR count). The van der Waals surface area contributed by atoms with E-state index in [4.69, 9.17) is 4.74 Å². The minimum absolute atomic E-state index is 0.142. The van der Waals surface area contributed by atoms with E-state index in [9.17, 15) is 14.7 Å². The van der Waals surface area contributed by atoms with Crippen LogP contribution in [0.25, 0.3) is 5.76 Å². The van der Waals surface area contributed by atoms with E-state index in [0.717, 1.165) is 49.1 Å². The number of aryl methyl sites for hydroxylation is 2. The summed E-state index contributed by atoms with van der Waals surface area (Å²) in [4.78, 5) is 30.0. The number of hydrogen-bond acceptors (Lipinski definition) is 5. The molecule has 1 atom stereocenters. The molecule has 2 aromatic rings. The van der Waals surface area contributed by atoms with Gasteiger partial charge in [-0.25, -0.2) is 0 Å². The van der Waals surface area contributed by atoms with Crippen LogP contribution in [0.2, 0.25) is 0 Å². The standard InChI is InChI=1S/C29H38N2O4/c1-6-8-18-35-24-15-14-23(19-20(24)3)27(32)25-26(22-12-10-21(7-2)11-13-22)31(29(34)28(25)33)17-9-16-30(4)5/h10-15,19,26,32H,6-9,16-18H2,1-5H3/b27-25+/t26-/m1/s1. The molecule has 0 radical (unpaired) electrons. The monoisotopic (exact) mass is 478 g/mol. The van der Waals surface area contributed by atoms with Crippen molar-refractivity contribution in [2.45, 2.75) is 52.5 Å². The topological polar surface area (TPSA) is 70.1 Å². The summed E-state index contributed by atoms with van der Waals surface area (Å²) in [5.74, 6) is -0.596. The van der Waals surface area contributed by atoms with Crippen molar-refractivity contribution in [3.8, 4) is 5.75 Å². The maximum absolute atomic E-state index is 13.2. The molecule has 188 valence electrons. The number of amides is 1. The first-order valence-electron chi connectivity index (χ1n) is 12.5. The van der Waals surface area contributed by atoms with Crippen LogP contribution in [0.4, 0.5) is 0 Å². The number of unbranched alkanes of at least 4 members (excludes halogenated alkanes) is 1. The molecule has 0 saturated carbocycles. The molecule has 1 amide bonds. The van der Waals surface area contributed by atoms with Gasteiger partial charge in [0.05, 0.1) is 18.2 Å². The van der Waals surface area contributed by atoms with Crippen molar-refractivity contribution in [2.75, 3.05) is 33.8 Å². The van der Waals surface area contributed by atoms with E-state index in [1.807, 2.05) is 57.4 Å². The Kier molecular flexibility index (Phi) is 9.10. The summed E-state index contributed by atoms with van der Waals surface area (Å²) in [6.45, 7) is 7.97. The Bertz CT molecular complexity index is 1070. The van der Waals surface area contributed by atoms with Crippen LogP contribution in [0.3, 0.4) is 0 Å². The number of likely N-dealkylation sites (tertiary alicyclic amines) is 1. The maximum atomic E-state index is 13.2. The molecule has 0 unspecified atom stereocenters. The third kappa shape index (κ3) is 6.12. The third-order valence-corrected chi connectivity index (χ3v) is 6.45. The zero-order valence-electron chi connectivity index (χ0n) is 21.6. The van der Waals surface area contributed by atoms with Crippen LogP contribution in [0.5, 0.6) is 5.75 Å². The highest BCUT2D eigenvalue weighted by Crippen LogP contribution is 2.40. The molecule has 1 fully saturated rings. The van der Waals surface area contributed by atoms with Crippen LogP contribution >= 0.6 is 0 Å². The van der Waals surface area contributed by atoms with Crippen LogP contribution in [-0.4, -0.2) is 60.4 Å². The largest absolute Gasteiger partial charge is 0.507 e. The van der Waals surface area contributed by atoms with Crippen LogP contribution in [0.1, 0.15) is 61.4 Å². The highest BCUT2D eigenvalue weighted by molar-refractivity contribution is 6.46. The van der Waals surface area contributed by atoms with Gasteiger partial charge in [0, 0.05) is 12.1 Å². The molecule has 35 heavy (non-hydrogen) atoms. The lowest BCUT2D eigenvalue weighted by molar-refractivity contribution is -0.139. The van der Waals surface area contributed by atoms with E-state index in [0.29, 0.717) is 18.7 Å². The van der Waals surface area contributed by atoms with Crippen molar-refractivity contribution in [1.29, 1.82) is 0 Å². The molecule has 1 N–H and O–H groups in total. The Morgan fingerprint density at radius 3 is 2.37 bits per heavy atom. The van der Waals surface area contributed by atoms with E-state index < -0.39 is 17.7 Å². The van der Waals surface area contributed by atoms with E-state index >= 15 is 0 Å². The highest BCUT2D eigenvalue weighted by Gasteiger charge is 2.45. The predicted molar refractivity (Wildman–Crippen MR) is 140 cm³/mol. The average molecular weight is 479 g/mol. The smallest absolute Gasteiger partial charge is 0.295 e. The molecule has 0 spiro atoms. The molecule has 1 aliphatic heterocycles. The van der Waals surface area contributed by atoms with Crippen molar-refractivity contribution in [3.63, 3.8) is 0 Å². The van der Waals surface area contributed by atoms with E-state index in [1.54, 1.807) is 11.0 Å². The predicted octanol–water partition coefficient (Wildman–Crippen LogP) is 5.11. The maximum Gasteiger partial charge on any atom is 0.295 e. The molecule has 0 aromatic heterocycles. The molecule has 1 heterocycles. The number of carbonyl (C=O) groups is 2. The fraction of sp³-hybridized carbons (Fsp3) is 0.448. The second-order valence-electron chi connectivity index (χ2n) is 9.43. The summed E-state index contributed by atoms with van der Waals surface area (Å²) in [5.41, 5.74) is 3.51. The molecule has 1 aliphatic rings. The number of aliphatic hydroxyl groups excluding tert-OH is 1. The number of benzene rings is 2. The minimum Gasteiger partial charge on any atom is -0.507 e. The first kappa shape index (κ1) is 26.5. The number of aliphatic hydroxyl groups is 1. The molecule has 2 aromatic carbocycles. The Labute approximate surface area is 209 Å². The van der Waals surface area contributed by atoms with Gasteiger partial charge in [-0.1, -0.05) is 44.5 Å². The van der Waals surface area contributed by atoms with Crippen molar-refractivity contribution in [1.82, 2.24) is 9.80 Å². The Morgan fingerprint density at radius 1 is 1.06 bits per heavy atom. The van der Waals surface area contributed by atoms with Gasteiger partial charge in [0.15, 0.2) is 0 Å². The van der Waals surface area contributed by atoms with E-state index in [2.05, 4.69) is 18.7 Å². The molecule has 0 aliphatic carbocycles. The van der Waals surface area contributed by atoms with Crippen LogP contribution in [0.15, 0.2) is 48.0 Å². The number of ether oxygens (including phenoxy) is 1. The summed E-state index contributed by atoms with van der Waals surface area (Å²) in [6.07, 6.45) is 3.64. The van der Waals surface area contributed by atoms with Crippen molar-refractivity contribution in [3.05, 3.63) is 70.3 Å². The van der Waals surface area contributed by atoms with Gasteiger partial charge in [-0.3, -0.25) is 9.59 Å². The van der Waals surface area contributed by atoms with Crippen LogP contribution in [-0.2, 0) is 16.0 Å². The fourth-order valence-corrected chi connectivity index (χ4v) is 4.39. The zero-order valence-corrected chi connectivity index (χ0v) is 21.6. The lowest BCUT2D eigenvalue weighted by atomic mass is 9.94. The SMILES string of the molecule is CCCCOc1ccc(/C(O)=C2\C(=O)C(=O)N(CCCN(C)C)[C@@H]2c2ccc(CC)cc2)cc1C. The van der Waals surface area contributed by atoms with Crippen LogP contribution < -0.4 is 4.74 Å². The molecular formula is C29H38N2O4. The lowest BCUT2D eigenvalue weighted by Gasteiger charge is -2.26. The van der Waals surface area contributed by atoms with Gasteiger partial charge in [0.2, 0.25) is 0 Å². The Balaban J connectivity index is 2.02. The first-order valence-corrected chi connectivity index (χ1v) is 12.5. The van der Waals surface area contributed by atoms with E-state index in [1.165, 1.54) is 5.56 Å². The van der Waals surface area contributed by atoms with Crippen molar-refractivity contribution in [2.24, 2.45) is 0 Å². The number of rotatable bonds is 11. The summed E-state index contributed by atoms with van der Waals surface area (Å²) < 4.78 is 5.84. The molecular weight excluding hydrogens is 440 g/mol. The quantitative estimate of drug-likeness (QED) is 0.210. The Hall–Kier alpha value is -3.12. The number of carbonyl (C=O) groups excluding carboxylic acids is 2. The summed E-state index contributed by atoms with van der Waals surface area (Å²) >= 11 is 0. The average Bonchev–Trinajstić information content (AvgIpc) is 3.09. The first-order chi connectivity index (χ1) is 16.8. The van der Waals surface area contributed by atoms with E-state index in [-0.39, 0.29) is 11.3 Å². The van der Waals surface area contributed by atoms with Gasteiger partial charge in [-0.2, -0.15) is 0 Å². The highest BCUT2D eigenvalue weighted by atomic mass is 16.5. The lowest BCUT2D eigenvalue weighted by Crippen LogP contribution is -2.32. The van der Waals surface area contributed by atoms with Gasteiger partial charge >= 0.3 is 0 Å². The normalized spacial score (nSPS) is 17.4. The summed E-state index contributed by atoms with van der Waals surface area (Å²) in [5, 5.41) is 11.3. The Morgan fingerprint density at radius 2 is 1.77 bits per heavy atom. The molecule has 0 bridgehead atoms. The van der Waals surface area contributed by atoms with Gasteiger partial charge < -0.3 is 19.6 Å². The number of ketones is 1. The van der Waals surface area contributed by atoms with Crippen molar-refractivity contribution < 1.29 is 19.4 Å².